The highest BCUT2D eigenvalue weighted by atomic mass is 79.9. The predicted molar refractivity (Wildman–Crippen MR) is 85.4 cm³/mol. The van der Waals surface area contributed by atoms with E-state index in [1.54, 1.807) is 12.1 Å². The van der Waals surface area contributed by atoms with Crippen LogP contribution in [0.25, 0.3) is 0 Å². The third-order valence-corrected chi connectivity index (χ3v) is 6.57. The monoisotopic (exact) mass is 376 g/mol. The Morgan fingerprint density at radius 1 is 1.48 bits per heavy atom. The van der Waals surface area contributed by atoms with Crippen molar-refractivity contribution in [1.29, 1.82) is 0 Å². The summed E-state index contributed by atoms with van der Waals surface area (Å²) in [5.41, 5.74) is 6.41. The Morgan fingerprint density at radius 2 is 2.24 bits per heavy atom. The molecule has 0 spiro atoms. The van der Waals surface area contributed by atoms with Gasteiger partial charge in [0.15, 0.2) is 0 Å². The highest BCUT2D eigenvalue weighted by Crippen LogP contribution is 2.27. The van der Waals surface area contributed by atoms with Crippen molar-refractivity contribution >= 4 is 26.0 Å². The second-order valence-corrected chi connectivity index (χ2v) is 7.82. The van der Waals surface area contributed by atoms with Crippen LogP contribution in [0.15, 0.2) is 27.6 Å². The molecular weight excluding hydrogens is 356 g/mol. The molecule has 0 aromatic heterocycles. The zero-order valence-electron chi connectivity index (χ0n) is 12.1. The van der Waals surface area contributed by atoms with Crippen molar-refractivity contribution < 1.29 is 13.2 Å². The largest absolute Gasteiger partial charge is 0.377 e. The van der Waals surface area contributed by atoms with Crippen LogP contribution in [-0.2, 0) is 21.3 Å². The standard InChI is InChI=1S/C14H21BrN2O3S/c1-2-17(10-12-4-3-7-20-12)21(18,19)14-8-11(9-16)5-6-13(14)15/h5-6,8,12H,2-4,7,9-10,16H2,1H3. The molecule has 1 fully saturated rings. The molecule has 1 aromatic carbocycles. The fourth-order valence-electron chi connectivity index (χ4n) is 2.42. The van der Waals surface area contributed by atoms with Gasteiger partial charge in [0.05, 0.1) is 11.0 Å². The van der Waals surface area contributed by atoms with Crippen molar-refractivity contribution in [3.63, 3.8) is 0 Å². The van der Waals surface area contributed by atoms with Crippen molar-refractivity contribution in [3.8, 4) is 0 Å². The minimum Gasteiger partial charge on any atom is -0.377 e. The van der Waals surface area contributed by atoms with Crippen molar-refractivity contribution in [2.75, 3.05) is 19.7 Å². The van der Waals surface area contributed by atoms with E-state index < -0.39 is 10.0 Å². The van der Waals surface area contributed by atoms with Gasteiger partial charge >= 0.3 is 0 Å². The summed E-state index contributed by atoms with van der Waals surface area (Å²) >= 11 is 3.33. The summed E-state index contributed by atoms with van der Waals surface area (Å²) < 4.78 is 33.3. The van der Waals surface area contributed by atoms with Crippen molar-refractivity contribution in [3.05, 3.63) is 28.2 Å². The van der Waals surface area contributed by atoms with Gasteiger partial charge in [0, 0.05) is 30.7 Å². The molecule has 0 saturated carbocycles. The molecular formula is C14H21BrN2O3S. The first-order valence-electron chi connectivity index (χ1n) is 7.09. The number of rotatable bonds is 6. The lowest BCUT2D eigenvalue weighted by molar-refractivity contribution is 0.0946. The highest BCUT2D eigenvalue weighted by molar-refractivity contribution is 9.10. The normalized spacial score (nSPS) is 19.3. The van der Waals surface area contributed by atoms with Gasteiger partial charge in [0.1, 0.15) is 0 Å². The number of ether oxygens (including phenoxy) is 1. The molecule has 118 valence electrons. The summed E-state index contributed by atoms with van der Waals surface area (Å²) in [6.45, 7) is 3.69. The number of halogens is 1. The number of hydrogen-bond donors (Lipinski definition) is 1. The lowest BCUT2D eigenvalue weighted by atomic mass is 10.2. The van der Waals surface area contributed by atoms with Crippen LogP contribution in [0, 0.1) is 0 Å². The molecule has 1 atom stereocenters. The Morgan fingerprint density at radius 3 is 2.81 bits per heavy atom. The third kappa shape index (κ3) is 3.84. The Balaban J connectivity index is 2.29. The summed E-state index contributed by atoms with van der Waals surface area (Å²) in [6.07, 6.45) is 1.90. The molecule has 1 heterocycles. The van der Waals surface area contributed by atoms with E-state index in [0.717, 1.165) is 18.4 Å². The summed E-state index contributed by atoms with van der Waals surface area (Å²) in [5, 5.41) is 0. The molecule has 1 aliphatic rings. The van der Waals surface area contributed by atoms with E-state index in [4.69, 9.17) is 10.5 Å². The number of hydrogen-bond acceptors (Lipinski definition) is 4. The average molecular weight is 377 g/mol. The lowest BCUT2D eigenvalue weighted by Gasteiger charge is -2.24. The molecule has 7 heteroatoms. The maximum Gasteiger partial charge on any atom is 0.244 e. The average Bonchev–Trinajstić information content (AvgIpc) is 2.98. The first kappa shape index (κ1) is 16.9. The molecule has 5 nitrogen and oxygen atoms in total. The molecule has 1 unspecified atom stereocenters. The summed E-state index contributed by atoms with van der Waals surface area (Å²) in [4.78, 5) is 0.269. The molecule has 2 rings (SSSR count). The minimum atomic E-state index is -3.55. The first-order chi connectivity index (χ1) is 9.98. The number of likely N-dealkylation sites (N-methyl/N-ethyl adjacent to an activating group) is 1. The van der Waals surface area contributed by atoms with E-state index in [0.29, 0.717) is 30.7 Å². The maximum atomic E-state index is 12.8. The second kappa shape index (κ2) is 7.19. The van der Waals surface area contributed by atoms with Crippen LogP contribution >= 0.6 is 15.9 Å². The Labute approximate surface area is 134 Å². The molecule has 21 heavy (non-hydrogen) atoms. The van der Waals surface area contributed by atoms with Gasteiger partial charge in [-0.15, -0.1) is 0 Å². The van der Waals surface area contributed by atoms with E-state index in [9.17, 15) is 8.42 Å². The fourth-order valence-corrected chi connectivity index (χ4v) is 4.88. The van der Waals surface area contributed by atoms with Crippen LogP contribution in [0.3, 0.4) is 0 Å². The number of sulfonamides is 1. The number of nitrogens with zero attached hydrogens (tertiary/aromatic N) is 1. The molecule has 2 N–H and O–H groups in total. The zero-order chi connectivity index (χ0) is 15.5. The van der Waals surface area contributed by atoms with E-state index in [-0.39, 0.29) is 11.0 Å². The smallest absolute Gasteiger partial charge is 0.244 e. The van der Waals surface area contributed by atoms with Crippen molar-refractivity contribution in [2.24, 2.45) is 5.73 Å². The van der Waals surface area contributed by atoms with Crippen LogP contribution in [0.5, 0.6) is 0 Å². The lowest BCUT2D eigenvalue weighted by Crippen LogP contribution is -2.37. The molecule has 0 bridgehead atoms. The molecule has 0 aliphatic carbocycles. The Hall–Kier alpha value is -0.470. The highest BCUT2D eigenvalue weighted by Gasteiger charge is 2.29. The topological polar surface area (TPSA) is 72.6 Å². The quantitative estimate of drug-likeness (QED) is 0.824. The summed E-state index contributed by atoms with van der Waals surface area (Å²) in [7, 11) is -3.55. The molecule has 1 aliphatic heterocycles. The Kier molecular flexibility index (Phi) is 5.79. The molecule has 1 aromatic rings. The van der Waals surface area contributed by atoms with Gasteiger partial charge in [-0.2, -0.15) is 4.31 Å². The maximum absolute atomic E-state index is 12.8. The molecule has 1 saturated heterocycles. The van der Waals surface area contributed by atoms with Crippen molar-refractivity contribution in [2.45, 2.75) is 37.3 Å². The van der Waals surface area contributed by atoms with E-state index in [2.05, 4.69) is 15.9 Å². The molecule has 0 radical (unpaired) electrons. The van der Waals surface area contributed by atoms with Gasteiger partial charge in [0.2, 0.25) is 10.0 Å². The summed E-state index contributed by atoms with van der Waals surface area (Å²) in [5.74, 6) is 0. The fraction of sp³-hybridized carbons (Fsp3) is 0.571. The minimum absolute atomic E-state index is 0.00353. The Bertz CT molecular complexity index is 586. The van der Waals surface area contributed by atoms with Gasteiger partial charge in [0.25, 0.3) is 0 Å². The van der Waals surface area contributed by atoms with E-state index in [1.807, 2.05) is 13.0 Å². The molecule has 0 amide bonds. The van der Waals surface area contributed by atoms with Crippen LogP contribution < -0.4 is 5.73 Å². The van der Waals surface area contributed by atoms with Crippen LogP contribution in [-0.4, -0.2) is 38.5 Å². The van der Waals surface area contributed by atoms with Crippen LogP contribution in [0.2, 0.25) is 0 Å². The number of benzene rings is 1. The zero-order valence-corrected chi connectivity index (χ0v) is 14.5. The second-order valence-electron chi connectivity index (χ2n) is 5.06. The van der Waals surface area contributed by atoms with E-state index >= 15 is 0 Å². The first-order valence-corrected chi connectivity index (χ1v) is 9.32. The number of nitrogens with two attached hydrogens (primary N) is 1. The van der Waals surface area contributed by atoms with Gasteiger partial charge < -0.3 is 10.5 Å². The predicted octanol–water partition coefficient (Wildman–Crippen LogP) is 2.10. The third-order valence-electron chi connectivity index (χ3n) is 3.63. The van der Waals surface area contributed by atoms with Gasteiger partial charge in [-0.3, -0.25) is 0 Å². The van der Waals surface area contributed by atoms with Gasteiger partial charge in [-0.25, -0.2) is 8.42 Å². The SMILES string of the molecule is CCN(CC1CCCO1)S(=O)(=O)c1cc(CN)ccc1Br. The van der Waals surface area contributed by atoms with E-state index in [1.165, 1.54) is 4.31 Å². The van der Waals surface area contributed by atoms with Gasteiger partial charge in [-0.1, -0.05) is 13.0 Å². The van der Waals surface area contributed by atoms with Crippen LogP contribution in [0.1, 0.15) is 25.3 Å². The summed E-state index contributed by atoms with van der Waals surface area (Å²) in [6, 6.07) is 5.19. The van der Waals surface area contributed by atoms with Crippen LogP contribution in [0.4, 0.5) is 0 Å². The van der Waals surface area contributed by atoms with Gasteiger partial charge in [-0.05, 0) is 46.5 Å². The van der Waals surface area contributed by atoms with Crippen molar-refractivity contribution in [1.82, 2.24) is 4.31 Å².